The van der Waals surface area contributed by atoms with Crippen LogP contribution in [0.3, 0.4) is 0 Å². The van der Waals surface area contributed by atoms with Crippen LogP contribution in [0.2, 0.25) is 5.02 Å². The zero-order valence-corrected chi connectivity index (χ0v) is 14.8. The number of carbonyl (C=O) groups excluding carboxylic acids is 1. The van der Waals surface area contributed by atoms with E-state index in [0.717, 1.165) is 33.5 Å². The molecule has 3 aromatic rings. The van der Waals surface area contributed by atoms with E-state index in [1.807, 2.05) is 30.3 Å². The Labute approximate surface area is 149 Å². The first-order valence-corrected chi connectivity index (χ1v) is 8.98. The topological polar surface area (TPSA) is 34.4 Å². The maximum Gasteiger partial charge on any atom is 0.272 e. The molecule has 122 valence electrons. The third-order valence-electron chi connectivity index (χ3n) is 3.55. The van der Waals surface area contributed by atoms with Crippen molar-refractivity contribution in [1.82, 2.24) is 4.57 Å². The second kappa shape index (κ2) is 7.60. The van der Waals surface area contributed by atoms with E-state index in [9.17, 15) is 4.79 Å². The molecule has 1 amide bonds. The summed E-state index contributed by atoms with van der Waals surface area (Å²) in [7, 11) is 0. The number of nitrogens with zero attached hydrogens (tertiary/aromatic N) is 2. The van der Waals surface area contributed by atoms with Gasteiger partial charge in [-0.15, -0.1) is 0 Å². The number of hydrogen-bond donors (Lipinski definition) is 0. The van der Waals surface area contributed by atoms with Crippen LogP contribution >= 0.6 is 22.9 Å². The normalized spacial score (nSPS) is 12.3. The molecule has 0 atom stereocenters. The van der Waals surface area contributed by atoms with Gasteiger partial charge in [-0.05, 0) is 36.3 Å². The Morgan fingerprint density at radius 1 is 1.21 bits per heavy atom. The lowest BCUT2D eigenvalue weighted by atomic mass is 10.2. The fraction of sp³-hybridized carbons (Fsp3) is 0.158. The number of carbonyl (C=O) groups is 1. The van der Waals surface area contributed by atoms with E-state index in [2.05, 4.69) is 28.6 Å². The van der Waals surface area contributed by atoms with E-state index in [0.29, 0.717) is 5.02 Å². The Bertz CT molecular complexity index is 969. The molecule has 0 N–H and O–H groups in total. The number of hydrogen-bond acceptors (Lipinski definition) is 2. The molecule has 0 spiro atoms. The van der Waals surface area contributed by atoms with Crippen LogP contribution in [0.4, 0.5) is 0 Å². The van der Waals surface area contributed by atoms with Gasteiger partial charge in [0.25, 0.3) is 5.91 Å². The van der Waals surface area contributed by atoms with Crippen molar-refractivity contribution in [3.05, 3.63) is 70.0 Å². The van der Waals surface area contributed by atoms with Crippen molar-refractivity contribution in [2.24, 2.45) is 4.99 Å². The summed E-state index contributed by atoms with van der Waals surface area (Å²) in [6.07, 6.45) is 4.14. The lowest BCUT2D eigenvalue weighted by Crippen LogP contribution is -2.16. The Morgan fingerprint density at radius 2 is 1.96 bits per heavy atom. The van der Waals surface area contributed by atoms with Crippen LogP contribution in [-0.2, 0) is 11.3 Å². The van der Waals surface area contributed by atoms with Gasteiger partial charge in [0.1, 0.15) is 0 Å². The molecular weight excluding hydrogens is 340 g/mol. The molecule has 1 heterocycles. The van der Waals surface area contributed by atoms with Gasteiger partial charge in [-0.2, -0.15) is 4.99 Å². The summed E-state index contributed by atoms with van der Waals surface area (Å²) >= 11 is 7.63. The van der Waals surface area contributed by atoms with Crippen LogP contribution in [-0.4, -0.2) is 10.5 Å². The van der Waals surface area contributed by atoms with E-state index >= 15 is 0 Å². The van der Waals surface area contributed by atoms with Crippen LogP contribution in [0.5, 0.6) is 0 Å². The molecule has 0 unspecified atom stereocenters. The van der Waals surface area contributed by atoms with E-state index in [1.165, 1.54) is 17.4 Å². The summed E-state index contributed by atoms with van der Waals surface area (Å²) in [4.78, 5) is 17.2. The molecule has 0 aliphatic carbocycles. The molecule has 3 rings (SSSR count). The van der Waals surface area contributed by atoms with Crippen LogP contribution in [0.15, 0.2) is 59.6 Å². The highest BCUT2D eigenvalue weighted by Crippen LogP contribution is 2.18. The number of halogens is 1. The monoisotopic (exact) mass is 356 g/mol. The van der Waals surface area contributed by atoms with Crippen LogP contribution < -0.4 is 4.80 Å². The lowest BCUT2D eigenvalue weighted by Gasteiger charge is -2.01. The van der Waals surface area contributed by atoms with Gasteiger partial charge in [0, 0.05) is 17.6 Å². The first kappa shape index (κ1) is 16.7. The molecule has 24 heavy (non-hydrogen) atoms. The van der Waals surface area contributed by atoms with Crippen molar-refractivity contribution < 1.29 is 4.79 Å². The van der Waals surface area contributed by atoms with Crippen molar-refractivity contribution in [2.75, 3.05) is 0 Å². The quantitative estimate of drug-likeness (QED) is 0.612. The van der Waals surface area contributed by atoms with Gasteiger partial charge in [-0.1, -0.05) is 60.2 Å². The largest absolute Gasteiger partial charge is 0.316 e. The van der Waals surface area contributed by atoms with E-state index in [4.69, 9.17) is 11.6 Å². The van der Waals surface area contributed by atoms with Gasteiger partial charge >= 0.3 is 0 Å². The standard InChI is InChI=1S/C19H17ClN2OS/c1-2-13-22-16-9-5-6-10-17(16)24-19(22)21-18(23)12-11-14-7-3-4-8-15(14)20/h3-12H,2,13H2,1H3/b12-11+,21-19?. The predicted octanol–water partition coefficient (Wildman–Crippen LogP) is 4.91. The van der Waals surface area contributed by atoms with Gasteiger partial charge in [-0.25, -0.2) is 0 Å². The van der Waals surface area contributed by atoms with Gasteiger partial charge in [0.05, 0.1) is 10.2 Å². The summed E-state index contributed by atoms with van der Waals surface area (Å²) in [5, 5.41) is 0.615. The molecule has 0 saturated carbocycles. The van der Waals surface area contributed by atoms with Gasteiger partial charge < -0.3 is 4.57 Å². The molecule has 0 fully saturated rings. The number of fused-ring (bicyclic) bond motifs is 1. The summed E-state index contributed by atoms with van der Waals surface area (Å²) in [5.74, 6) is -0.286. The van der Waals surface area contributed by atoms with E-state index in [1.54, 1.807) is 12.1 Å². The van der Waals surface area contributed by atoms with E-state index < -0.39 is 0 Å². The van der Waals surface area contributed by atoms with Crippen molar-refractivity contribution >= 4 is 45.1 Å². The Morgan fingerprint density at radius 3 is 2.75 bits per heavy atom. The minimum atomic E-state index is -0.286. The number of para-hydroxylation sites is 1. The summed E-state index contributed by atoms with van der Waals surface area (Å²) in [5.41, 5.74) is 1.92. The Hall–Kier alpha value is -2.17. The summed E-state index contributed by atoms with van der Waals surface area (Å²) in [6.45, 7) is 2.95. The number of aryl methyl sites for hydroxylation is 1. The minimum absolute atomic E-state index is 0.286. The van der Waals surface area contributed by atoms with Gasteiger partial charge in [-0.3, -0.25) is 4.79 Å². The van der Waals surface area contributed by atoms with Crippen molar-refractivity contribution in [2.45, 2.75) is 19.9 Å². The van der Waals surface area contributed by atoms with Crippen molar-refractivity contribution in [1.29, 1.82) is 0 Å². The number of thiazole rings is 1. The highest BCUT2D eigenvalue weighted by Gasteiger charge is 2.05. The fourth-order valence-electron chi connectivity index (χ4n) is 2.45. The second-order valence-corrected chi connectivity index (χ2v) is 6.73. The number of rotatable bonds is 4. The fourth-order valence-corrected chi connectivity index (χ4v) is 3.71. The molecule has 0 aliphatic heterocycles. The third-order valence-corrected chi connectivity index (χ3v) is 4.96. The van der Waals surface area contributed by atoms with Crippen molar-refractivity contribution in [3.8, 4) is 0 Å². The third kappa shape index (κ3) is 3.66. The lowest BCUT2D eigenvalue weighted by molar-refractivity contribution is -0.113. The van der Waals surface area contributed by atoms with Crippen molar-refractivity contribution in [3.63, 3.8) is 0 Å². The summed E-state index contributed by atoms with van der Waals surface area (Å²) in [6, 6.07) is 15.5. The minimum Gasteiger partial charge on any atom is -0.316 e. The molecule has 2 aromatic carbocycles. The first-order chi connectivity index (χ1) is 11.7. The molecule has 0 radical (unpaired) electrons. The molecule has 0 aliphatic rings. The first-order valence-electron chi connectivity index (χ1n) is 7.78. The molecule has 1 aromatic heterocycles. The van der Waals surface area contributed by atoms with Gasteiger partial charge in [0.2, 0.25) is 0 Å². The second-order valence-electron chi connectivity index (χ2n) is 5.31. The molecule has 0 saturated heterocycles. The van der Waals surface area contributed by atoms with Gasteiger partial charge in [0.15, 0.2) is 4.80 Å². The highest BCUT2D eigenvalue weighted by atomic mass is 35.5. The zero-order valence-electron chi connectivity index (χ0n) is 13.3. The smallest absolute Gasteiger partial charge is 0.272 e. The average molecular weight is 357 g/mol. The zero-order chi connectivity index (χ0) is 16.9. The molecular formula is C19H17ClN2OS. The van der Waals surface area contributed by atoms with Crippen LogP contribution in [0.1, 0.15) is 18.9 Å². The molecule has 3 nitrogen and oxygen atoms in total. The Kier molecular flexibility index (Phi) is 5.28. The average Bonchev–Trinajstić information content (AvgIpc) is 2.92. The highest BCUT2D eigenvalue weighted by molar-refractivity contribution is 7.16. The SMILES string of the molecule is CCCn1c(=NC(=O)/C=C/c2ccccc2Cl)sc2ccccc21. The Balaban J connectivity index is 1.96. The van der Waals surface area contributed by atoms with Crippen LogP contribution in [0, 0.1) is 0 Å². The molecule has 0 bridgehead atoms. The predicted molar refractivity (Wildman–Crippen MR) is 101 cm³/mol. The number of aromatic nitrogens is 1. The number of amides is 1. The van der Waals surface area contributed by atoms with Crippen LogP contribution in [0.25, 0.3) is 16.3 Å². The summed E-state index contributed by atoms with van der Waals surface area (Å²) < 4.78 is 3.23. The maximum absolute atomic E-state index is 12.2. The number of benzene rings is 2. The van der Waals surface area contributed by atoms with E-state index in [-0.39, 0.29) is 5.91 Å². The maximum atomic E-state index is 12.2. The molecule has 5 heteroatoms.